The van der Waals surface area contributed by atoms with Crippen LogP contribution in [0.5, 0.6) is 0 Å². The maximum Gasteiger partial charge on any atom is 0.323 e. The average Bonchev–Trinajstić information content (AvgIpc) is 2.53. The van der Waals surface area contributed by atoms with E-state index in [-0.39, 0.29) is 37.3 Å². The second-order valence-electron chi connectivity index (χ2n) is 6.76. The monoisotopic (exact) mass is 398 g/mol. The number of rotatable bonds is 8. The lowest BCUT2D eigenvalue weighted by Gasteiger charge is -2.40. The number of aliphatic hydroxyl groups excluding tert-OH is 3. The highest BCUT2D eigenvalue weighted by Gasteiger charge is 2.45. The van der Waals surface area contributed by atoms with E-state index in [9.17, 15) is 24.9 Å². The van der Waals surface area contributed by atoms with Crippen molar-refractivity contribution in [2.75, 3.05) is 6.61 Å². The lowest BCUT2D eigenvalue weighted by Crippen LogP contribution is -2.64. The maximum absolute atomic E-state index is 11.8. The molecule has 9 nitrogen and oxygen atoms in total. The Labute approximate surface area is 159 Å². The van der Waals surface area contributed by atoms with Crippen molar-refractivity contribution in [2.24, 2.45) is 11.7 Å². The molecule has 1 aliphatic rings. The van der Waals surface area contributed by atoms with Crippen molar-refractivity contribution in [3.8, 4) is 0 Å². The van der Waals surface area contributed by atoms with Crippen LogP contribution in [0.25, 0.3) is 0 Å². The summed E-state index contributed by atoms with van der Waals surface area (Å²) in [6.07, 6.45) is -4.29. The van der Waals surface area contributed by atoms with Crippen molar-refractivity contribution in [3.05, 3.63) is 0 Å². The van der Waals surface area contributed by atoms with Gasteiger partial charge in [-0.05, 0) is 18.8 Å². The second-order valence-corrected chi connectivity index (χ2v) is 6.76. The van der Waals surface area contributed by atoms with Gasteiger partial charge in [-0.3, -0.25) is 9.59 Å². The normalized spacial score (nSPS) is 29.6. The molecule has 6 N–H and O–H groups in total. The van der Waals surface area contributed by atoms with E-state index in [2.05, 4.69) is 5.32 Å². The Bertz CT molecular complexity index is 452. The third-order valence-corrected chi connectivity index (χ3v) is 3.94. The number of nitrogens with two attached hydrogens (primary N) is 1. The van der Waals surface area contributed by atoms with Gasteiger partial charge in [-0.2, -0.15) is 0 Å². The van der Waals surface area contributed by atoms with E-state index in [0.717, 1.165) is 0 Å². The van der Waals surface area contributed by atoms with E-state index in [1.54, 1.807) is 0 Å². The van der Waals surface area contributed by atoms with Crippen LogP contribution in [0.3, 0.4) is 0 Å². The predicted octanol–water partition coefficient (Wildman–Crippen LogP) is -0.951. The van der Waals surface area contributed by atoms with E-state index in [1.165, 1.54) is 0 Å². The number of carbonyl (C=O) groups is 2. The van der Waals surface area contributed by atoms with Gasteiger partial charge in [0.15, 0.2) is 6.29 Å². The van der Waals surface area contributed by atoms with Crippen LogP contribution in [-0.2, 0) is 19.1 Å². The zero-order chi connectivity index (χ0) is 19.1. The lowest BCUT2D eigenvalue weighted by molar-refractivity contribution is -0.255. The summed E-state index contributed by atoms with van der Waals surface area (Å²) in [5.74, 6) is -0.798. The Balaban J connectivity index is 0.00000625. The fourth-order valence-corrected chi connectivity index (χ4v) is 2.60. The van der Waals surface area contributed by atoms with Crippen LogP contribution in [0.2, 0.25) is 0 Å². The number of halogens is 1. The molecule has 0 radical (unpaired) electrons. The first-order valence-corrected chi connectivity index (χ1v) is 8.58. The van der Waals surface area contributed by atoms with Gasteiger partial charge in [-0.1, -0.05) is 20.8 Å². The molecule has 26 heavy (non-hydrogen) atoms. The van der Waals surface area contributed by atoms with Gasteiger partial charge < -0.3 is 35.8 Å². The fourth-order valence-electron chi connectivity index (χ4n) is 2.60. The number of ether oxygens (including phenoxy) is 2. The van der Waals surface area contributed by atoms with Gasteiger partial charge in [0.05, 0.1) is 0 Å². The predicted molar refractivity (Wildman–Crippen MR) is 95.4 cm³/mol. The highest BCUT2D eigenvalue weighted by atomic mass is 35.5. The Hall–Kier alpha value is -0.970. The molecule has 0 aliphatic carbocycles. The van der Waals surface area contributed by atoms with Crippen LogP contribution in [0, 0.1) is 5.92 Å². The van der Waals surface area contributed by atoms with Crippen LogP contribution < -0.4 is 11.1 Å². The minimum Gasteiger partial charge on any atom is -0.462 e. The topological polar surface area (TPSA) is 151 Å². The first kappa shape index (κ1) is 25.0. The minimum absolute atomic E-state index is 0. The molecule has 1 rings (SSSR count). The summed E-state index contributed by atoms with van der Waals surface area (Å²) in [5.41, 5.74) is 5.70. The summed E-state index contributed by atoms with van der Waals surface area (Å²) >= 11 is 0. The number of hydrogen-bond donors (Lipinski definition) is 5. The van der Waals surface area contributed by atoms with Crippen LogP contribution in [0.4, 0.5) is 0 Å². The molecule has 0 aromatic carbocycles. The third kappa shape index (κ3) is 7.34. The number of esters is 1. The van der Waals surface area contributed by atoms with E-state index in [0.29, 0.717) is 12.8 Å². The summed E-state index contributed by atoms with van der Waals surface area (Å²) in [4.78, 5) is 23.4. The molecule has 1 unspecified atom stereocenters. The standard InChI is InChI=1S/C16H30N2O7.ClH/c1-4-5-11(19)18-12-14(21)13(20)10(25-16(12)23)7-24-15(22)9(17)6-8(2)3;/h8-10,12-14,16,20-21,23H,4-7,17H2,1-3H3,(H,18,19);1H/t9-,10+,12+,13+,14+,16?;/m0./s1. The summed E-state index contributed by atoms with van der Waals surface area (Å²) in [6, 6.07) is -1.96. The second kappa shape index (κ2) is 11.7. The zero-order valence-corrected chi connectivity index (χ0v) is 16.1. The number of carbonyl (C=O) groups excluding carboxylic acids is 2. The minimum atomic E-state index is -1.53. The molecule has 154 valence electrons. The van der Waals surface area contributed by atoms with Crippen molar-refractivity contribution in [3.63, 3.8) is 0 Å². The first-order valence-electron chi connectivity index (χ1n) is 8.58. The third-order valence-electron chi connectivity index (χ3n) is 3.94. The number of aliphatic hydroxyl groups is 3. The van der Waals surface area contributed by atoms with Gasteiger partial charge in [0, 0.05) is 6.42 Å². The molecule has 1 amide bonds. The summed E-state index contributed by atoms with van der Waals surface area (Å²) < 4.78 is 10.2. The Morgan fingerprint density at radius 3 is 2.38 bits per heavy atom. The van der Waals surface area contributed by atoms with Crippen molar-refractivity contribution < 1.29 is 34.4 Å². The van der Waals surface area contributed by atoms with Crippen molar-refractivity contribution in [2.45, 2.75) is 76.7 Å². The van der Waals surface area contributed by atoms with E-state index in [1.807, 2.05) is 20.8 Å². The Kier molecular flexibility index (Phi) is 11.2. The van der Waals surface area contributed by atoms with Crippen molar-refractivity contribution in [1.29, 1.82) is 0 Å². The molecule has 0 aromatic heterocycles. The SMILES string of the molecule is CCCC(=O)N[C@H]1C(O)O[C@H](COC(=O)[C@@H](N)CC(C)C)[C@@H](O)[C@@H]1O.Cl. The molecule has 0 aromatic rings. The van der Waals surface area contributed by atoms with E-state index < -0.39 is 42.7 Å². The van der Waals surface area contributed by atoms with Crippen LogP contribution in [0.1, 0.15) is 40.0 Å². The lowest BCUT2D eigenvalue weighted by atomic mass is 9.97. The quantitative estimate of drug-likeness (QED) is 0.328. The number of hydrogen-bond acceptors (Lipinski definition) is 8. The van der Waals surface area contributed by atoms with Crippen LogP contribution in [-0.4, -0.2) is 70.5 Å². The van der Waals surface area contributed by atoms with Gasteiger partial charge in [0.2, 0.25) is 5.91 Å². The van der Waals surface area contributed by atoms with Gasteiger partial charge >= 0.3 is 5.97 Å². The van der Waals surface area contributed by atoms with E-state index >= 15 is 0 Å². The van der Waals surface area contributed by atoms with Crippen molar-refractivity contribution >= 4 is 24.3 Å². The molecule has 1 fully saturated rings. The summed E-state index contributed by atoms with van der Waals surface area (Å²) in [7, 11) is 0. The maximum atomic E-state index is 11.8. The molecular formula is C16H31ClN2O7. The number of amides is 1. The molecule has 6 atom stereocenters. The van der Waals surface area contributed by atoms with Gasteiger partial charge in [-0.15, -0.1) is 12.4 Å². The summed E-state index contributed by atoms with van der Waals surface area (Å²) in [5, 5.41) is 32.6. The van der Waals surface area contributed by atoms with Gasteiger partial charge in [0.25, 0.3) is 0 Å². The van der Waals surface area contributed by atoms with Crippen LogP contribution >= 0.6 is 12.4 Å². The molecule has 1 heterocycles. The molecule has 1 saturated heterocycles. The Morgan fingerprint density at radius 2 is 1.85 bits per heavy atom. The van der Waals surface area contributed by atoms with Crippen molar-refractivity contribution in [1.82, 2.24) is 5.32 Å². The Morgan fingerprint density at radius 1 is 1.23 bits per heavy atom. The van der Waals surface area contributed by atoms with Gasteiger partial charge in [0.1, 0.15) is 37.0 Å². The average molecular weight is 399 g/mol. The molecule has 0 saturated carbocycles. The zero-order valence-electron chi connectivity index (χ0n) is 15.3. The molecule has 1 aliphatic heterocycles. The highest BCUT2D eigenvalue weighted by Crippen LogP contribution is 2.21. The van der Waals surface area contributed by atoms with Gasteiger partial charge in [-0.25, -0.2) is 0 Å². The molecule has 0 spiro atoms. The highest BCUT2D eigenvalue weighted by molar-refractivity contribution is 5.85. The van der Waals surface area contributed by atoms with E-state index in [4.69, 9.17) is 15.2 Å². The number of nitrogens with one attached hydrogen (secondary N) is 1. The largest absolute Gasteiger partial charge is 0.462 e. The fraction of sp³-hybridized carbons (Fsp3) is 0.875. The molecule has 0 bridgehead atoms. The summed E-state index contributed by atoms with van der Waals surface area (Å²) in [6.45, 7) is 5.28. The molecule has 10 heteroatoms. The first-order chi connectivity index (χ1) is 11.7. The molecular weight excluding hydrogens is 368 g/mol. The smallest absolute Gasteiger partial charge is 0.323 e. The van der Waals surface area contributed by atoms with Crippen LogP contribution in [0.15, 0.2) is 0 Å².